The third-order valence-electron chi connectivity index (χ3n) is 1.37. The van der Waals surface area contributed by atoms with Gasteiger partial charge in [0.1, 0.15) is 0 Å². The van der Waals surface area contributed by atoms with E-state index in [2.05, 4.69) is 5.32 Å². The number of hydrogen-bond acceptors (Lipinski definition) is 3. The second kappa shape index (κ2) is 5.41. The van der Waals surface area contributed by atoms with E-state index >= 15 is 0 Å². The van der Waals surface area contributed by atoms with Gasteiger partial charge in [-0.3, -0.25) is 0 Å². The fourth-order valence-corrected chi connectivity index (χ4v) is 0.701. The van der Waals surface area contributed by atoms with Crippen molar-refractivity contribution >= 4 is 0 Å². The van der Waals surface area contributed by atoms with Gasteiger partial charge in [0.15, 0.2) is 0 Å². The Labute approximate surface area is 61.4 Å². The highest BCUT2D eigenvalue weighted by Crippen LogP contribution is 1.93. The van der Waals surface area contributed by atoms with Crippen LogP contribution in [0.1, 0.15) is 6.92 Å². The highest BCUT2D eigenvalue weighted by atomic mass is 16.3. The molecule has 0 heterocycles. The van der Waals surface area contributed by atoms with E-state index in [-0.39, 0.29) is 12.6 Å². The van der Waals surface area contributed by atoms with Gasteiger partial charge in [0.2, 0.25) is 0 Å². The van der Waals surface area contributed by atoms with Crippen molar-refractivity contribution in [2.45, 2.75) is 19.1 Å². The van der Waals surface area contributed by atoms with Crippen LogP contribution in [0.3, 0.4) is 0 Å². The molecule has 0 aliphatic heterocycles. The molecule has 3 N–H and O–H groups in total. The summed E-state index contributed by atoms with van der Waals surface area (Å²) in [6.07, 6.45) is 2.79. The number of nitrogens with one attached hydrogen (secondary N) is 1. The smallest absolute Gasteiger partial charge is 0.0896 e. The first-order chi connectivity index (χ1) is 4.76. The number of aliphatic hydroxyl groups excluding tert-OH is 2. The molecule has 0 aromatic carbocycles. The highest BCUT2D eigenvalue weighted by Gasteiger charge is 2.11. The lowest BCUT2D eigenvalue weighted by Gasteiger charge is -2.16. The van der Waals surface area contributed by atoms with E-state index in [9.17, 15) is 5.11 Å². The van der Waals surface area contributed by atoms with Crippen LogP contribution < -0.4 is 5.32 Å². The highest BCUT2D eigenvalue weighted by molar-refractivity contribution is 4.92. The van der Waals surface area contributed by atoms with Crippen LogP contribution in [0.4, 0.5) is 0 Å². The molecule has 0 aromatic rings. The molecule has 2 atom stereocenters. The van der Waals surface area contributed by atoms with Crippen LogP contribution in [0, 0.1) is 0 Å². The maximum atomic E-state index is 9.20. The molecule has 3 nitrogen and oxygen atoms in total. The summed E-state index contributed by atoms with van der Waals surface area (Å²) in [5, 5.41) is 20.7. The van der Waals surface area contributed by atoms with Gasteiger partial charge in [-0.2, -0.15) is 0 Å². The Balaban J connectivity index is 3.75. The maximum Gasteiger partial charge on any atom is 0.0896 e. The van der Waals surface area contributed by atoms with Crippen LogP contribution in [0.25, 0.3) is 0 Å². The average Bonchev–Trinajstić information content (AvgIpc) is 1.91. The zero-order chi connectivity index (χ0) is 7.98. The Hall–Kier alpha value is -0.380. The lowest BCUT2D eigenvalue weighted by molar-refractivity contribution is 0.128. The molecule has 60 valence electrons. The third-order valence-corrected chi connectivity index (χ3v) is 1.37. The summed E-state index contributed by atoms with van der Waals surface area (Å²) < 4.78 is 0. The van der Waals surface area contributed by atoms with E-state index in [1.165, 1.54) is 0 Å². The molecule has 0 saturated heterocycles. The van der Waals surface area contributed by atoms with Crippen molar-refractivity contribution in [1.82, 2.24) is 5.32 Å². The molecule has 0 bridgehead atoms. The van der Waals surface area contributed by atoms with Crippen molar-refractivity contribution in [2.24, 2.45) is 0 Å². The number of rotatable bonds is 4. The lowest BCUT2D eigenvalue weighted by atomic mass is 10.1. The van der Waals surface area contributed by atoms with Gasteiger partial charge >= 0.3 is 0 Å². The molecule has 0 aliphatic rings. The summed E-state index contributed by atoms with van der Waals surface area (Å²) in [5.41, 5.74) is 0. The molecular formula is C7H15NO2. The van der Waals surface area contributed by atoms with Gasteiger partial charge in [0.25, 0.3) is 0 Å². The van der Waals surface area contributed by atoms with Crippen LogP contribution in [0.2, 0.25) is 0 Å². The number of hydrogen-bond donors (Lipinski definition) is 3. The minimum atomic E-state index is -0.597. The van der Waals surface area contributed by atoms with Crippen molar-refractivity contribution in [3.8, 4) is 0 Å². The largest absolute Gasteiger partial charge is 0.395 e. The molecule has 0 unspecified atom stereocenters. The molecule has 0 amide bonds. The molecule has 0 aliphatic carbocycles. The SMILES string of the molecule is C/C=C/[C@@H](O)[C@H](CO)NC. The van der Waals surface area contributed by atoms with E-state index in [0.717, 1.165) is 0 Å². The van der Waals surface area contributed by atoms with E-state index in [1.807, 2.05) is 6.92 Å². The summed E-state index contributed by atoms with van der Waals surface area (Å²) >= 11 is 0. The molecular weight excluding hydrogens is 130 g/mol. The van der Waals surface area contributed by atoms with Gasteiger partial charge in [-0.25, -0.2) is 0 Å². The summed E-state index contributed by atoms with van der Waals surface area (Å²) in [6.45, 7) is 1.77. The predicted molar refractivity (Wildman–Crippen MR) is 40.8 cm³/mol. The Bertz CT molecular complexity index is 99.8. The van der Waals surface area contributed by atoms with Gasteiger partial charge < -0.3 is 15.5 Å². The summed E-state index contributed by atoms with van der Waals surface area (Å²) in [7, 11) is 1.70. The van der Waals surface area contributed by atoms with Gasteiger partial charge in [0.05, 0.1) is 18.8 Å². The van der Waals surface area contributed by atoms with Crippen LogP contribution in [0.15, 0.2) is 12.2 Å². The number of aliphatic hydroxyl groups is 2. The quantitative estimate of drug-likeness (QED) is 0.468. The fourth-order valence-electron chi connectivity index (χ4n) is 0.701. The molecule has 0 radical (unpaired) electrons. The van der Waals surface area contributed by atoms with Crippen molar-refractivity contribution in [3.05, 3.63) is 12.2 Å². The topological polar surface area (TPSA) is 52.5 Å². The maximum absolute atomic E-state index is 9.20. The van der Waals surface area contributed by atoms with Crippen LogP contribution in [0.5, 0.6) is 0 Å². The number of allylic oxidation sites excluding steroid dienone is 1. The second-order valence-electron chi connectivity index (χ2n) is 2.09. The molecule has 3 heteroatoms. The molecule has 0 saturated carbocycles. The van der Waals surface area contributed by atoms with Gasteiger partial charge in [-0.15, -0.1) is 0 Å². The summed E-state index contributed by atoms with van der Waals surface area (Å²) in [5.74, 6) is 0. The minimum absolute atomic E-state index is 0.0536. The van der Waals surface area contributed by atoms with Crippen LogP contribution >= 0.6 is 0 Å². The normalized spacial score (nSPS) is 17.6. The Kier molecular flexibility index (Phi) is 5.20. The fraction of sp³-hybridized carbons (Fsp3) is 0.714. The van der Waals surface area contributed by atoms with Crippen molar-refractivity contribution in [1.29, 1.82) is 0 Å². The summed E-state index contributed by atoms with van der Waals surface area (Å²) in [4.78, 5) is 0. The van der Waals surface area contributed by atoms with E-state index < -0.39 is 6.10 Å². The van der Waals surface area contributed by atoms with E-state index in [4.69, 9.17) is 5.11 Å². The van der Waals surface area contributed by atoms with Gasteiger partial charge in [-0.1, -0.05) is 12.2 Å². The molecule has 0 spiro atoms. The molecule has 0 fully saturated rings. The van der Waals surface area contributed by atoms with Crippen molar-refractivity contribution in [3.63, 3.8) is 0 Å². The van der Waals surface area contributed by atoms with E-state index in [0.29, 0.717) is 0 Å². The Morgan fingerprint density at radius 1 is 1.60 bits per heavy atom. The van der Waals surface area contributed by atoms with Crippen molar-refractivity contribution < 1.29 is 10.2 Å². The standard InChI is InChI=1S/C7H15NO2/c1-3-4-7(10)6(5-9)8-2/h3-4,6-10H,5H2,1-2H3/b4-3+/t6-,7+/m0/s1. The predicted octanol–water partition coefficient (Wildman–Crippen LogP) is -0.496. The zero-order valence-corrected chi connectivity index (χ0v) is 6.41. The minimum Gasteiger partial charge on any atom is -0.395 e. The molecule has 0 rings (SSSR count). The first kappa shape index (κ1) is 9.62. The van der Waals surface area contributed by atoms with Crippen LogP contribution in [-0.2, 0) is 0 Å². The summed E-state index contributed by atoms with van der Waals surface area (Å²) in [6, 6.07) is -0.254. The third kappa shape index (κ3) is 2.96. The monoisotopic (exact) mass is 145 g/mol. The number of likely N-dealkylation sites (N-methyl/N-ethyl adjacent to an activating group) is 1. The molecule has 10 heavy (non-hydrogen) atoms. The Morgan fingerprint density at radius 2 is 2.20 bits per heavy atom. The first-order valence-electron chi connectivity index (χ1n) is 3.35. The lowest BCUT2D eigenvalue weighted by Crippen LogP contribution is -2.39. The van der Waals surface area contributed by atoms with Gasteiger partial charge in [0, 0.05) is 0 Å². The Morgan fingerprint density at radius 3 is 2.50 bits per heavy atom. The van der Waals surface area contributed by atoms with Gasteiger partial charge in [-0.05, 0) is 14.0 Å². The van der Waals surface area contributed by atoms with Crippen molar-refractivity contribution in [2.75, 3.05) is 13.7 Å². The second-order valence-corrected chi connectivity index (χ2v) is 2.09. The average molecular weight is 145 g/mol. The zero-order valence-electron chi connectivity index (χ0n) is 6.41. The van der Waals surface area contributed by atoms with E-state index in [1.54, 1.807) is 19.2 Å². The molecule has 0 aromatic heterocycles. The first-order valence-corrected chi connectivity index (χ1v) is 3.35. The van der Waals surface area contributed by atoms with Crippen LogP contribution in [-0.4, -0.2) is 36.0 Å².